The summed E-state index contributed by atoms with van der Waals surface area (Å²) in [5, 5.41) is 4.32. The third-order valence-corrected chi connectivity index (χ3v) is 6.10. The highest BCUT2D eigenvalue weighted by Gasteiger charge is 2.22. The minimum atomic E-state index is 0.170. The number of aryl methyl sites for hydroxylation is 1. The number of thiophene rings is 1. The molecule has 0 saturated carbocycles. The standard InChI is InChI=1S/C21H25N5O2S/c1-15-13-16-20(23-14-24-21(16)29-15)22-8-7-19(27)26-11-9-25(10-12-26)17-5-3-4-6-18(17)28-2/h3-6,13-14H,7-12H2,1-2H3,(H,22,23,24). The number of aromatic nitrogens is 2. The van der Waals surface area contributed by atoms with Crippen molar-refractivity contribution in [1.29, 1.82) is 0 Å². The lowest BCUT2D eigenvalue weighted by atomic mass is 10.2. The number of hydrogen-bond acceptors (Lipinski definition) is 7. The van der Waals surface area contributed by atoms with Gasteiger partial charge in [0.05, 0.1) is 18.2 Å². The predicted octanol–water partition coefficient (Wildman–Crippen LogP) is 3.16. The van der Waals surface area contributed by atoms with Gasteiger partial charge in [0.15, 0.2) is 0 Å². The van der Waals surface area contributed by atoms with Crippen molar-refractivity contribution < 1.29 is 9.53 Å². The number of piperazine rings is 1. The van der Waals surface area contributed by atoms with Crippen LogP contribution < -0.4 is 15.0 Å². The summed E-state index contributed by atoms with van der Waals surface area (Å²) in [6.07, 6.45) is 2.02. The summed E-state index contributed by atoms with van der Waals surface area (Å²) < 4.78 is 5.46. The fourth-order valence-electron chi connectivity index (χ4n) is 3.65. The highest BCUT2D eigenvalue weighted by atomic mass is 32.1. The van der Waals surface area contributed by atoms with Crippen molar-refractivity contribution in [2.24, 2.45) is 0 Å². The fraction of sp³-hybridized carbons (Fsp3) is 0.381. The molecule has 0 radical (unpaired) electrons. The van der Waals surface area contributed by atoms with Crippen molar-refractivity contribution in [1.82, 2.24) is 14.9 Å². The van der Waals surface area contributed by atoms with Crippen LogP contribution in [0.15, 0.2) is 36.7 Å². The first-order chi connectivity index (χ1) is 14.2. The minimum absolute atomic E-state index is 0.170. The largest absolute Gasteiger partial charge is 0.495 e. The second kappa shape index (κ2) is 8.65. The normalized spacial score (nSPS) is 14.3. The van der Waals surface area contributed by atoms with E-state index in [0.717, 1.165) is 53.7 Å². The number of carbonyl (C=O) groups excluding carboxylic acids is 1. The van der Waals surface area contributed by atoms with Crippen molar-refractivity contribution in [3.8, 4) is 5.75 Å². The molecule has 7 nitrogen and oxygen atoms in total. The Morgan fingerprint density at radius 1 is 1.21 bits per heavy atom. The Labute approximate surface area is 174 Å². The average Bonchev–Trinajstić information content (AvgIpc) is 3.15. The molecule has 3 heterocycles. The topological polar surface area (TPSA) is 70.6 Å². The van der Waals surface area contributed by atoms with Gasteiger partial charge in [0.1, 0.15) is 22.7 Å². The molecule has 1 fully saturated rings. The number of benzene rings is 1. The summed E-state index contributed by atoms with van der Waals surface area (Å²) in [4.78, 5) is 27.7. The van der Waals surface area contributed by atoms with Crippen LogP contribution in [0.1, 0.15) is 11.3 Å². The molecular weight excluding hydrogens is 386 g/mol. The van der Waals surface area contributed by atoms with Crippen LogP contribution in [-0.4, -0.2) is 60.6 Å². The molecule has 8 heteroatoms. The van der Waals surface area contributed by atoms with E-state index in [2.05, 4.69) is 39.2 Å². The number of nitrogens with one attached hydrogen (secondary N) is 1. The second-order valence-corrected chi connectivity index (χ2v) is 8.25. The van der Waals surface area contributed by atoms with E-state index in [1.165, 1.54) is 4.88 Å². The fourth-order valence-corrected chi connectivity index (χ4v) is 4.50. The van der Waals surface area contributed by atoms with E-state index in [9.17, 15) is 4.79 Å². The van der Waals surface area contributed by atoms with E-state index >= 15 is 0 Å². The zero-order chi connectivity index (χ0) is 20.2. The van der Waals surface area contributed by atoms with Gasteiger partial charge in [0.25, 0.3) is 0 Å². The first kappa shape index (κ1) is 19.4. The van der Waals surface area contributed by atoms with Crippen LogP contribution in [0.4, 0.5) is 11.5 Å². The molecule has 1 aromatic carbocycles. The number of fused-ring (bicyclic) bond motifs is 1. The van der Waals surface area contributed by atoms with Gasteiger partial charge < -0.3 is 19.9 Å². The van der Waals surface area contributed by atoms with Crippen LogP contribution in [0, 0.1) is 6.92 Å². The van der Waals surface area contributed by atoms with Gasteiger partial charge in [-0.05, 0) is 25.1 Å². The van der Waals surface area contributed by atoms with Crippen LogP contribution >= 0.6 is 11.3 Å². The van der Waals surface area contributed by atoms with Gasteiger partial charge in [-0.15, -0.1) is 11.3 Å². The number of anilines is 2. The van der Waals surface area contributed by atoms with Crippen molar-refractivity contribution in [2.75, 3.05) is 50.1 Å². The van der Waals surface area contributed by atoms with Gasteiger partial charge in [-0.3, -0.25) is 4.79 Å². The van der Waals surface area contributed by atoms with Gasteiger partial charge in [-0.25, -0.2) is 9.97 Å². The highest BCUT2D eigenvalue weighted by Crippen LogP contribution is 2.29. The van der Waals surface area contributed by atoms with Gasteiger partial charge in [0.2, 0.25) is 5.91 Å². The lowest BCUT2D eigenvalue weighted by Gasteiger charge is -2.36. The molecule has 2 aromatic heterocycles. The first-order valence-corrected chi connectivity index (χ1v) is 10.6. The minimum Gasteiger partial charge on any atom is -0.495 e. The third kappa shape index (κ3) is 4.27. The van der Waals surface area contributed by atoms with E-state index in [1.54, 1.807) is 24.8 Å². The van der Waals surface area contributed by atoms with Crippen molar-refractivity contribution in [3.63, 3.8) is 0 Å². The van der Waals surface area contributed by atoms with Crippen molar-refractivity contribution in [2.45, 2.75) is 13.3 Å². The summed E-state index contributed by atoms with van der Waals surface area (Å²) in [7, 11) is 1.69. The lowest BCUT2D eigenvalue weighted by molar-refractivity contribution is -0.131. The Morgan fingerprint density at radius 3 is 2.79 bits per heavy atom. The van der Waals surface area contributed by atoms with E-state index in [4.69, 9.17) is 4.74 Å². The molecule has 3 aromatic rings. The molecule has 4 rings (SSSR count). The number of carbonyl (C=O) groups is 1. The second-order valence-electron chi connectivity index (χ2n) is 7.01. The quantitative estimate of drug-likeness (QED) is 0.672. The maximum atomic E-state index is 12.6. The lowest BCUT2D eigenvalue weighted by Crippen LogP contribution is -2.49. The predicted molar refractivity (Wildman–Crippen MR) is 117 cm³/mol. The smallest absolute Gasteiger partial charge is 0.224 e. The Balaban J connectivity index is 1.29. The maximum Gasteiger partial charge on any atom is 0.224 e. The molecule has 1 N–H and O–H groups in total. The summed E-state index contributed by atoms with van der Waals surface area (Å²) >= 11 is 1.65. The van der Waals surface area contributed by atoms with Gasteiger partial charge >= 0.3 is 0 Å². The maximum absolute atomic E-state index is 12.6. The number of ether oxygens (including phenoxy) is 1. The Bertz CT molecular complexity index is 998. The molecule has 1 aliphatic rings. The highest BCUT2D eigenvalue weighted by molar-refractivity contribution is 7.18. The molecule has 1 aliphatic heterocycles. The SMILES string of the molecule is COc1ccccc1N1CCN(C(=O)CCNc2ncnc3sc(C)cc23)CC1. The van der Waals surface area contributed by atoms with Crippen LogP contribution in [0.25, 0.3) is 10.2 Å². The van der Waals surface area contributed by atoms with Gasteiger partial charge in [-0.1, -0.05) is 12.1 Å². The third-order valence-electron chi connectivity index (χ3n) is 5.14. The summed E-state index contributed by atoms with van der Waals surface area (Å²) in [6, 6.07) is 10.1. The zero-order valence-electron chi connectivity index (χ0n) is 16.7. The number of methoxy groups -OCH3 is 1. The number of rotatable bonds is 6. The molecule has 0 spiro atoms. The summed E-state index contributed by atoms with van der Waals surface area (Å²) in [6.45, 7) is 5.67. The van der Waals surface area contributed by atoms with E-state index in [0.29, 0.717) is 13.0 Å². The summed E-state index contributed by atoms with van der Waals surface area (Å²) in [5.41, 5.74) is 1.09. The molecule has 1 saturated heterocycles. The molecule has 152 valence electrons. The average molecular weight is 412 g/mol. The monoisotopic (exact) mass is 411 g/mol. The molecule has 1 amide bonds. The van der Waals surface area contributed by atoms with E-state index in [-0.39, 0.29) is 5.91 Å². The molecule has 0 atom stereocenters. The van der Waals surface area contributed by atoms with Gasteiger partial charge in [0, 0.05) is 44.0 Å². The molecule has 0 unspecified atom stereocenters. The van der Waals surface area contributed by atoms with E-state index < -0.39 is 0 Å². The van der Waals surface area contributed by atoms with E-state index in [1.807, 2.05) is 23.1 Å². The number of para-hydroxylation sites is 2. The number of amides is 1. The number of hydrogen-bond donors (Lipinski definition) is 1. The molecular formula is C21H25N5O2S. The van der Waals surface area contributed by atoms with Crippen LogP contribution in [-0.2, 0) is 4.79 Å². The van der Waals surface area contributed by atoms with Gasteiger partial charge in [-0.2, -0.15) is 0 Å². The van der Waals surface area contributed by atoms with Crippen molar-refractivity contribution >= 4 is 39.0 Å². The Hall–Kier alpha value is -2.87. The van der Waals surface area contributed by atoms with Crippen molar-refractivity contribution in [3.05, 3.63) is 41.5 Å². The summed E-state index contributed by atoms with van der Waals surface area (Å²) in [5.74, 6) is 1.84. The Kier molecular flexibility index (Phi) is 5.80. The van der Waals surface area contributed by atoms with Crippen LogP contribution in [0.5, 0.6) is 5.75 Å². The molecule has 0 aliphatic carbocycles. The zero-order valence-corrected chi connectivity index (χ0v) is 17.5. The van der Waals surface area contributed by atoms with Crippen LogP contribution in [0.2, 0.25) is 0 Å². The molecule has 29 heavy (non-hydrogen) atoms. The molecule has 0 bridgehead atoms. The number of nitrogens with zero attached hydrogens (tertiary/aromatic N) is 4. The first-order valence-electron chi connectivity index (χ1n) is 9.76. The Morgan fingerprint density at radius 2 is 2.00 bits per heavy atom. The van der Waals surface area contributed by atoms with Crippen LogP contribution in [0.3, 0.4) is 0 Å².